The fraction of sp³-hybridized carbons (Fsp3) is 0.333. The summed E-state index contributed by atoms with van der Waals surface area (Å²) in [6.07, 6.45) is 1.73. The van der Waals surface area contributed by atoms with Crippen LogP contribution in [0, 0.1) is 5.92 Å². The van der Waals surface area contributed by atoms with Crippen LogP contribution in [0.4, 0.5) is 0 Å². The van der Waals surface area contributed by atoms with Crippen molar-refractivity contribution in [3.8, 4) is 17.0 Å². The third-order valence-corrected chi connectivity index (χ3v) is 7.08. The monoisotopic (exact) mass is 510 g/mol. The van der Waals surface area contributed by atoms with Crippen molar-refractivity contribution in [1.29, 1.82) is 0 Å². The highest BCUT2D eigenvalue weighted by molar-refractivity contribution is 7.89. The minimum absolute atomic E-state index is 0.00263. The van der Waals surface area contributed by atoms with Gasteiger partial charge in [0.2, 0.25) is 15.9 Å². The summed E-state index contributed by atoms with van der Waals surface area (Å²) < 4.78 is 45.4. The number of carbonyl (C=O) groups is 1. The zero-order valence-electron chi connectivity index (χ0n) is 21.2. The first-order valence-corrected chi connectivity index (χ1v) is 13.1. The predicted octanol–water partition coefficient (Wildman–Crippen LogP) is 5.30. The highest BCUT2D eigenvalue weighted by Gasteiger charge is 2.32. The molecule has 4 rings (SSSR count). The van der Waals surface area contributed by atoms with E-state index >= 15 is 0 Å². The van der Waals surface area contributed by atoms with Crippen molar-refractivity contribution in [2.45, 2.75) is 51.2 Å². The number of hydrogen-bond acceptors (Lipinski definition) is 7. The molecule has 1 N–H and O–H groups in total. The molecule has 0 radical (unpaired) electrons. The number of hydrogen-bond donors (Lipinski definition) is 1. The minimum Gasteiger partial charge on any atom is -0.481 e. The Bertz CT molecular complexity index is 1520. The fourth-order valence-corrected chi connectivity index (χ4v) is 5.18. The molecular formula is C27H30N2O6S. The molecule has 2 aromatic heterocycles. The summed E-state index contributed by atoms with van der Waals surface area (Å²) in [5, 5.41) is 1.63. The normalized spacial score (nSPS) is 13.3. The van der Waals surface area contributed by atoms with Crippen molar-refractivity contribution in [3.05, 3.63) is 54.7 Å². The van der Waals surface area contributed by atoms with Crippen LogP contribution >= 0.6 is 0 Å². The molecule has 0 saturated heterocycles. The molecule has 9 heteroatoms. The Morgan fingerprint density at radius 3 is 2.31 bits per heavy atom. The van der Waals surface area contributed by atoms with Gasteiger partial charge in [-0.2, -0.15) is 4.72 Å². The van der Waals surface area contributed by atoms with E-state index in [1.807, 2.05) is 24.3 Å². The van der Waals surface area contributed by atoms with Gasteiger partial charge in [0.1, 0.15) is 22.8 Å². The highest BCUT2D eigenvalue weighted by atomic mass is 32.2. The fourth-order valence-electron chi connectivity index (χ4n) is 3.83. The highest BCUT2D eigenvalue weighted by Crippen LogP contribution is 2.34. The van der Waals surface area contributed by atoms with Crippen LogP contribution in [-0.2, 0) is 19.6 Å². The molecule has 1 atom stereocenters. The number of nitrogens with one attached hydrogen (secondary N) is 1. The molecule has 0 fully saturated rings. The van der Waals surface area contributed by atoms with Crippen molar-refractivity contribution in [1.82, 2.24) is 9.71 Å². The summed E-state index contributed by atoms with van der Waals surface area (Å²) in [5.74, 6) is -0.399. The van der Waals surface area contributed by atoms with Crippen molar-refractivity contribution in [2.24, 2.45) is 5.92 Å². The van der Waals surface area contributed by atoms with Crippen LogP contribution in [0.1, 0.15) is 34.6 Å². The van der Waals surface area contributed by atoms with E-state index < -0.39 is 27.6 Å². The summed E-state index contributed by atoms with van der Waals surface area (Å²) in [7, 11) is -2.46. The standard InChI is InChI=1S/C27H30N2O6S/c1-16(2)25(26(30)35-27(3,4)5)29-36(31,32)19-9-10-20-21-13-17(7-11-22(21)34-23(20)14-19)18-8-12-24(33-6)28-15-18/h7-16,25,29H,1-6H3. The van der Waals surface area contributed by atoms with Gasteiger partial charge >= 0.3 is 5.97 Å². The van der Waals surface area contributed by atoms with E-state index in [0.717, 1.165) is 21.9 Å². The van der Waals surface area contributed by atoms with Crippen LogP contribution < -0.4 is 9.46 Å². The number of pyridine rings is 1. The van der Waals surface area contributed by atoms with Gasteiger partial charge in [0, 0.05) is 34.7 Å². The SMILES string of the molecule is COc1ccc(-c2ccc3oc4cc(S(=O)(=O)NC(C(=O)OC(C)(C)C)C(C)C)ccc4c3c2)cn1. The molecule has 0 spiro atoms. The smallest absolute Gasteiger partial charge is 0.324 e. The van der Waals surface area contributed by atoms with E-state index in [2.05, 4.69) is 9.71 Å². The molecule has 2 aromatic carbocycles. The molecule has 0 aliphatic heterocycles. The lowest BCUT2D eigenvalue weighted by atomic mass is 10.0. The molecule has 1 unspecified atom stereocenters. The summed E-state index contributed by atoms with van der Waals surface area (Å²) in [6.45, 7) is 8.74. The van der Waals surface area contributed by atoms with Crippen LogP contribution in [0.15, 0.2) is 64.0 Å². The van der Waals surface area contributed by atoms with Gasteiger partial charge in [0.15, 0.2) is 0 Å². The van der Waals surface area contributed by atoms with Crippen molar-refractivity contribution >= 4 is 37.9 Å². The Balaban J connectivity index is 1.67. The Kier molecular flexibility index (Phi) is 6.81. The van der Waals surface area contributed by atoms with Gasteiger partial charge in [0.25, 0.3) is 0 Å². The number of ether oxygens (including phenoxy) is 2. The van der Waals surface area contributed by atoms with Gasteiger partial charge in [-0.25, -0.2) is 13.4 Å². The van der Waals surface area contributed by atoms with E-state index in [-0.39, 0.29) is 10.8 Å². The molecule has 2 heterocycles. The minimum atomic E-state index is -4.02. The quantitative estimate of drug-likeness (QED) is 0.336. The molecule has 0 aliphatic carbocycles. The van der Waals surface area contributed by atoms with Gasteiger partial charge in [-0.05, 0) is 62.6 Å². The topological polar surface area (TPSA) is 108 Å². The van der Waals surface area contributed by atoms with Gasteiger partial charge < -0.3 is 13.9 Å². The predicted molar refractivity (Wildman–Crippen MR) is 138 cm³/mol. The molecule has 0 saturated carbocycles. The number of carbonyl (C=O) groups excluding carboxylic acids is 1. The largest absolute Gasteiger partial charge is 0.481 e. The van der Waals surface area contributed by atoms with Crippen LogP contribution in [0.25, 0.3) is 33.1 Å². The van der Waals surface area contributed by atoms with Crippen LogP contribution in [-0.4, -0.2) is 38.1 Å². The molecule has 0 aliphatic rings. The molecule has 36 heavy (non-hydrogen) atoms. The number of esters is 1. The first-order chi connectivity index (χ1) is 16.9. The number of sulfonamides is 1. The molecule has 8 nitrogen and oxygen atoms in total. The second-order valence-corrected chi connectivity index (χ2v) is 11.7. The second-order valence-electron chi connectivity index (χ2n) is 9.94. The molecular weight excluding hydrogens is 480 g/mol. The summed E-state index contributed by atoms with van der Waals surface area (Å²) >= 11 is 0. The number of aromatic nitrogens is 1. The lowest BCUT2D eigenvalue weighted by molar-refractivity contribution is -0.158. The molecule has 190 valence electrons. The second kappa shape index (κ2) is 9.55. The number of methoxy groups -OCH3 is 1. The summed E-state index contributed by atoms with van der Waals surface area (Å²) in [5.41, 5.74) is 2.18. The molecule has 0 amide bonds. The zero-order chi connectivity index (χ0) is 26.3. The van der Waals surface area contributed by atoms with E-state index in [1.54, 1.807) is 60.1 Å². The van der Waals surface area contributed by atoms with Crippen LogP contribution in [0.5, 0.6) is 5.88 Å². The Morgan fingerprint density at radius 2 is 1.69 bits per heavy atom. The molecule has 4 aromatic rings. The average molecular weight is 511 g/mol. The van der Waals surface area contributed by atoms with E-state index in [1.165, 1.54) is 12.1 Å². The number of rotatable bonds is 7. The van der Waals surface area contributed by atoms with Crippen LogP contribution in [0.2, 0.25) is 0 Å². The zero-order valence-corrected chi connectivity index (χ0v) is 22.0. The van der Waals surface area contributed by atoms with Gasteiger partial charge in [-0.1, -0.05) is 19.9 Å². The maximum atomic E-state index is 13.2. The summed E-state index contributed by atoms with van der Waals surface area (Å²) in [4.78, 5) is 16.9. The number of furan rings is 1. The third kappa shape index (κ3) is 5.37. The summed E-state index contributed by atoms with van der Waals surface area (Å²) in [6, 6.07) is 13.1. The Morgan fingerprint density at radius 1 is 0.972 bits per heavy atom. The number of nitrogens with zero attached hydrogens (tertiary/aromatic N) is 1. The first kappa shape index (κ1) is 25.7. The average Bonchev–Trinajstić information content (AvgIpc) is 3.18. The lowest BCUT2D eigenvalue weighted by Gasteiger charge is -2.26. The maximum Gasteiger partial charge on any atom is 0.324 e. The van der Waals surface area contributed by atoms with Gasteiger partial charge in [-0.15, -0.1) is 0 Å². The third-order valence-electron chi connectivity index (χ3n) is 5.64. The van der Waals surface area contributed by atoms with Crippen LogP contribution in [0.3, 0.4) is 0 Å². The lowest BCUT2D eigenvalue weighted by Crippen LogP contribution is -2.47. The van der Waals surface area contributed by atoms with Crippen molar-refractivity contribution in [2.75, 3.05) is 7.11 Å². The number of fused-ring (bicyclic) bond motifs is 3. The van der Waals surface area contributed by atoms with Crippen molar-refractivity contribution < 1.29 is 27.1 Å². The van der Waals surface area contributed by atoms with Crippen molar-refractivity contribution in [3.63, 3.8) is 0 Å². The first-order valence-electron chi connectivity index (χ1n) is 11.6. The molecule has 0 bridgehead atoms. The number of benzene rings is 2. The van der Waals surface area contributed by atoms with E-state index in [0.29, 0.717) is 17.0 Å². The maximum absolute atomic E-state index is 13.2. The van der Waals surface area contributed by atoms with Gasteiger partial charge in [0.05, 0.1) is 12.0 Å². The van der Waals surface area contributed by atoms with Gasteiger partial charge in [-0.3, -0.25) is 4.79 Å². The van der Waals surface area contributed by atoms with E-state index in [9.17, 15) is 13.2 Å². The Labute approximate surface area is 210 Å². The Hall–Kier alpha value is -3.43. The van der Waals surface area contributed by atoms with E-state index in [4.69, 9.17) is 13.9 Å².